The molecule has 0 aromatic rings. The molecular formula is C9H15NO2. The van der Waals surface area contributed by atoms with Crippen LogP contribution in [0.5, 0.6) is 0 Å². The van der Waals surface area contributed by atoms with Crippen LogP contribution in [0.1, 0.15) is 19.8 Å². The average Bonchev–Trinajstić information content (AvgIpc) is 2.06. The van der Waals surface area contributed by atoms with Gasteiger partial charge in [-0.05, 0) is 26.0 Å². The van der Waals surface area contributed by atoms with Gasteiger partial charge in [0.1, 0.15) is 0 Å². The summed E-state index contributed by atoms with van der Waals surface area (Å²) in [5.74, 6) is -0.762. The normalized spacial score (nSPS) is 20.2. The number of hydrogen-bond acceptors (Lipinski definition) is 2. The fraction of sp³-hybridized carbons (Fsp3) is 0.667. The van der Waals surface area contributed by atoms with E-state index in [1.807, 2.05) is 19.2 Å². The number of piperidine rings is 1. The highest BCUT2D eigenvalue weighted by Gasteiger charge is 2.22. The van der Waals surface area contributed by atoms with Crippen molar-refractivity contribution in [1.29, 1.82) is 0 Å². The van der Waals surface area contributed by atoms with E-state index >= 15 is 0 Å². The average molecular weight is 169 g/mol. The first kappa shape index (κ1) is 9.10. The van der Waals surface area contributed by atoms with Crippen LogP contribution in [0, 0.1) is 5.92 Å². The molecule has 1 fully saturated rings. The highest BCUT2D eigenvalue weighted by atomic mass is 16.4. The molecule has 1 rings (SSSR count). The van der Waals surface area contributed by atoms with Gasteiger partial charge in [-0.25, -0.2) is 0 Å². The molecule has 0 atom stereocenters. The summed E-state index contributed by atoms with van der Waals surface area (Å²) in [6, 6.07) is 0. The third-order valence-corrected chi connectivity index (χ3v) is 2.24. The molecule has 1 heterocycles. The Bertz CT molecular complexity index is 181. The van der Waals surface area contributed by atoms with Crippen LogP contribution in [-0.2, 0) is 4.79 Å². The van der Waals surface area contributed by atoms with Crippen LogP contribution < -0.4 is 0 Å². The Kier molecular flexibility index (Phi) is 3.14. The number of carbonyl (C=O) groups is 1. The van der Waals surface area contributed by atoms with Gasteiger partial charge in [-0.1, -0.05) is 6.08 Å². The molecular weight excluding hydrogens is 154 g/mol. The molecule has 1 aliphatic rings. The second-order valence-electron chi connectivity index (χ2n) is 3.13. The minimum absolute atomic E-state index is 0.119. The molecule has 0 amide bonds. The maximum absolute atomic E-state index is 10.6. The van der Waals surface area contributed by atoms with Crippen LogP contribution in [0.15, 0.2) is 12.3 Å². The van der Waals surface area contributed by atoms with Gasteiger partial charge in [0, 0.05) is 13.1 Å². The smallest absolute Gasteiger partial charge is 0.306 e. The van der Waals surface area contributed by atoms with E-state index < -0.39 is 5.97 Å². The van der Waals surface area contributed by atoms with Gasteiger partial charge in [0.05, 0.1) is 5.92 Å². The number of carboxylic acid groups (broad SMARTS) is 1. The lowest BCUT2D eigenvalue weighted by Crippen LogP contribution is -2.32. The molecule has 1 aliphatic heterocycles. The molecule has 12 heavy (non-hydrogen) atoms. The van der Waals surface area contributed by atoms with E-state index in [0.29, 0.717) is 0 Å². The molecule has 0 radical (unpaired) electrons. The number of allylic oxidation sites excluding steroid dienone is 1. The zero-order valence-electron chi connectivity index (χ0n) is 7.36. The van der Waals surface area contributed by atoms with Crippen molar-refractivity contribution in [3.63, 3.8) is 0 Å². The van der Waals surface area contributed by atoms with Gasteiger partial charge < -0.3 is 10.0 Å². The van der Waals surface area contributed by atoms with Gasteiger partial charge in [0.15, 0.2) is 0 Å². The second-order valence-corrected chi connectivity index (χ2v) is 3.13. The summed E-state index contributed by atoms with van der Waals surface area (Å²) in [7, 11) is 0. The van der Waals surface area contributed by atoms with Crippen LogP contribution in [0.2, 0.25) is 0 Å². The molecule has 1 N–H and O–H groups in total. The number of hydrogen-bond donors (Lipinski definition) is 1. The van der Waals surface area contributed by atoms with E-state index in [0.717, 1.165) is 25.9 Å². The first-order valence-electron chi connectivity index (χ1n) is 4.33. The Morgan fingerprint density at radius 1 is 1.50 bits per heavy atom. The fourth-order valence-corrected chi connectivity index (χ4v) is 1.51. The molecule has 0 aromatic carbocycles. The molecule has 0 saturated carbocycles. The summed E-state index contributed by atoms with van der Waals surface area (Å²) in [5, 5.41) is 8.72. The Balaban J connectivity index is 2.34. The van der Waals surface area contributed by atoms with E-state index in [4.69, 9.17) is 5.11 Å². The van der Waals surface area contributed by atoms with Crippen LogP contribution in [0.4, 0.5) is 0 Å². The summed E-state index contributed by atoms with van der Waals surface area (Å²) < 4.78 is 0. The summed E-state index contributed by atoms with van der Waals surface area (Å²) in [6.45, 7) is 3.73. The van der Waals surface area contributed by atoms with Crippen LogP contribution in [0.25, 0.3) is 0 Å². The van der Waals surface area contributed by atoms with Crippen molar-refractivity contribution in [3.8, 4) is 0 Å². The molecule has 0 aromatic heterocycles. The standard InChI is InChI=1S/C9H15NO2/c1-2-5-10-6-3-8(4-7-10)9(11)12/h2,5,8H,3-4,6-7H2,1H3,(H,11,12). The van der Waals surface area contributed by atoms with Crippen molar-refractivity contribution in [2.24, 2.45) is 5.92 Å². The maximum atomic E-state index is 10.6. The Morgan fingerprint density at radius 2 is 2.08 bits per heavy atom. The third kappa shape index (κ3) is 2.26. The predicted molar refractivity (Wildman–Crippen MR) is 46.7 cm³/mol. The molecule has 3 heteroatoms. The van der Waals surface area contributed by atoms with Crippen LogP contribution in [0.3, 0.4) is 0 Å². The minimum Gasteiger partial charge on any atom is -0.481 e. The number of likely N-dealkylation sites (tertiary alicyclic amines) is 1. The minimum atomic E-state index is -0.643. The predicted octanol–water partition coefficient (Wildman–Crippen LogP) is 1.32. The van der Waals surface area contributed by atoms with E-state index in [-0.39, 0.29) is 5.92 Å². The third-order valence-electron chi connectivity index (χ3n) is 2.24. The number of aliphatic carboxylic acids is 1. The molecule has 0 aliphatic carbocycles. The largest absolute Gasteiger partial charge is 0.481 e. The van der Waals surface area contributed by atoms with Crippen molar-refractivity contribution in [3.05, 3.63) is 12.3 Å². The van der Waals surface area contributed by atoms with E-state index in [2.05, 4.69) is 4.90 Å². The van der Waals surface area contributed by atoms with Crippen molar-refractivity contribution in [2.75, 3.05) is 13.1 Å². The number of rotatable bonds is 2. The Morgan fingerprint density at radius 3 is 2.50 bits per heavy atom. The van der Waals surface area contributed by atoms with Crippen molar-refractivity contribution >= 4 is 5.97 Å². The van der Waals surface area contributed by atoms with Crippen LogP contribution >= 0.6 is 0 Å². The zero-order valence-corrected chi connectivity index (χ0v) is 7.36. The Hall–Kier alpha value is -0.990. The number of nitrogens with zero attached hydrogens (tertiary/aromatic N) is 1. The van der Waals surface area contributed by atoms with Gasteiger partial charge in [-0.15, -0.1) is 0 Å². The first-order chi connectivity index (χ1) is 5.74. The molecule has 0 unspecified atom stereocenters. The highest BCUT2D eigenvalue weighted by Crippen LogP contribution is 2.16. The van der Waals surface area contributed by atoms with Crippen molar-refractivity contribution < 1.29 is 9.90 Å². The van der Waals surface area contributed by atoms with E-state index in [1.54, 1.807) is 0 Å². The maximum Gasteiger partial charge on any atom is 0.306 e. The molecule has 1 saturated heterocycles. The van der Waals surface area contributed by atoms with Crippen molar-refractivity contribution in [2.45, 2.75) is 19.8 Å². The summed E-state index contributed by atoms with van der Waals surface area (Å²) in [4.78, 5) is 12.7. The Labute approximate surface area is 72.7 Å². The lowest BCUT2D eigenvalue weighted by Gasteiger charge is -2.28. The van der Waals surface area contributed by atoms with Gasteiger partial charge >= 0.3 is 5.97 Å². The quantitative estimate of drug-likeness (QED) is 0.677. The number of carboxylic acids is 1. The van der Waals surface area contributed by atoms with Crippen LogP contribution in [-0.4, -0.2) is 29.1 Å². The van der Waals surface area contributed by atoms with Gasteiger partial charge in [0.25, 0.3) is 0 Å². The second kappa shape index (κ2) is 4.14. The van der Waals surface area contributed by atoms with Gasteiger partial charge in [0.2, 0.25) is 0 Å². The van der Waals surface area contributed by atoms with E-state index in [9.17, 15) is 4.79 Å². The molecule has 0 bridgehead atoms. The first-order valence-corrected chi connectivity index (χ1v) is 4.33. The lowest BCUT2D eigenvalue weighted by atomic mass is 9.97. The van der Waals surface area contributed by atoms with Crippen molar-refractivity contribution in [1.82, 2.24) is 4.90 Å². The SMILES string of the molecule is CC=CN1CCC(C(=O)O)CC1. The van der Waals surface area contributed by atoms with E-state index in [1.165, 1.54) is 0 Å². The summed E-state index contributed by atoms with van der Waals surface area (Å²) >= 11 is 0. The molecule has 68 valence electrons. The monoisotopic (exact) mass is 169 g/mol. The lowest BCUT2D eigenvalue weighted by molar-refractivity contribution is -0.143. The fourth-order valence-electron chi connectivity index (χ4n) is 1.51. The zero-order chi connectivity index (χ0) is 8.97. The highest BCUT2D eigenvalue weighted by molar-refractivity contribution is 5.70. The summed E-state index contributed by atoms with van der Waals surface area (Å²) in [5.41, 5.74) is 0. The molecule has 3 nitrogen and oxygen atoms in total. The topological polar surface area (TPSA) is 40.5 Å². The molecule has 0 spiro atoms. The van der Waals surface area contributed by atoms with Gasteiger partial charge in [-0.3, -0.25) is 4.79 Å². The van der Waals surface area contributed by atoms with Gasteiger partial charge in [-0.2, -0.15) is 0 Å². The summed E-state index contributed by atoms with van der Waals surface area (Å²) in [6.07, 6.45) is 5.57.